The van der Waals surface area contributed by atoms with Crippen LogP contribution in [0.3, 0.4) is 0 Å². The van der Waals surface area contributed by atoms with Crippen LogP contribution < -0.4 is 15.2 Å². The van der Waals surface area contributed by atoms with Crippen molar-refractivity contribution < 1.29 is 27.5 Å². The standard InChI is InChI=1S/C30H25N3O6S/c1-19-26(28(35)30(31)36)27-24(33(19)17-20-10-4-2-5-11-20)16-21-12-8-9-15-23(21)29(27)39-18-25(34)32-40(37,38)22-13-6-3-7-14-22/h2-16H,17-18H2,1H3,(H2,31,36)(H,32,34). The van der Waals surface area contributed by atoms with Crippen LogP contribution in [0.2, 0.25) is 0 Å². The lowest BCUT2D eigenvalue weighted by Gasteiger charge is -2.14. The minimum Gasteiger partial charge on any atom is -0.482 e. The van der Waals surface area contributed by atoms with E-state index in [9.17, 15) is 22.8 Å². The molecule has 2 amide bonds. The first-order valence-corrected chi connectivity index (χ1v) is 13.8. The van der Waals surface area contributed by atoms with E-state index in [0.717, 1.165) is 10.9 Å². The Labute approximate surface area is 230 Å². The van der Waals surface area contributed by atoms with Gasteiger partial charge in [0.15, 0.2) is 6.61 Å². The van der Waals surface area contributed by atoms with E-state index in [1.165, 1.54) is 12.1 Å². The molecule has 0 saturated carbocycles. The van der Waals surface area contributed by atoms with E-state index in [0.29, 0.717) is 28.5 Å². The van der Waals surface area contributed by atoms with Crippen molar-refractivity contribution in [3.8, 4) is 5.75 Å². The number of nitrogens with two attached hydrogens (primary N) is 1. The number of nitrogens with zero attached hydrogens (tertiary/aromatic N) is 1. The molecule has 40 heavy (non-hydrogen) atoms. The Morgan fingerprint density at radius 3 is 2.20 bits per heavy atom. The highest BCUT2D eigenvalue weighted by Crippen LogP contribution is 2.40. The first-order valence-electron chi connectivity index (χ1n) is 12.3. The molecule has 0 radical (unpaired) electrons. The third-order valence-corrected chi connectivity index (χ3v) is 7.96. The van der Waals surface area contributed by atoms with Crippen LogP contribution in [0.4, 0.5) is 0 Å². The number of amides is 2. The fourth-order valence-corrected chi connectivity index (χ4v) is 5.74. The Morgan fingerprint density at radius 2 is 1.52 bits per heavy atom. The molecule has 4 aromatic carbocycles. The number of fused-ring (bicyclic) bond motifs is 2. The van der Waals surface area contributed by atoms with Crippen molar-refractivity contribution in [3.05, 3.63) is 108 Å². The number of aromatic nitrogens is 1. The quantitative estimate of drug-likeness (QED) is 0.210. The molecule has 5 aromatic rings. The number of ketones is 1. The van der Waals surface area contributed by atoms with Crippen LogP contribution in [0.5, 0.6) is 5.75 Å². The first kappa shape index (κ1) is 26.6. The fraction of sp³-hybridized carbons (Fsp3) is 0.100. The lowest BCUT2D eigenvalue weighted by molar-refractivity contribution is -0.121. The second-order valence-corrected chi connectivity index (χ2v) is 10.9. The second kappa shape index (κ2) is 10.7. The molecule has 0 spiro atoms. The van der Waals surface area contributed by atoms with Gasteiger partial charge in [0, 0.05) is 17.6 Å². The topological polar surface area (TPSA) is 138 Å². The maximum atomic E-state index is 13.1. The Morgan fingerprint density at radius 1 is 0.900 bits per heavy atom. The van der Waals surface area contributed by atoms with Crippen molar-refractivity contribution in [3.63, 3.8) is 0 Å². The van der Waals surface area contributed by atoms with E-state index < -0.39 is 34.2 Å². The van der Waals surface area contributed by atoms with Crippen molar-refractivity contribution in [1.29, 1.82) is 0 Å². The molecule has 1 heterocycles. The van der Waals surface area contributed by atoms with E-state index >= 15 is 0 Å². The smallest absolute Gasteiger partial charge is 0.289 e. The van der Waals surface area contributed by atoms with Crippen molar-refractivity contribution in [2.75, 3.05) is 6.61 Å². The second-order valence-electron chi connectivity index (χ2n) is 9.18. The predicted octanol–water partition coefficient (Wildman–Crippen LogP) is 3.70. The highest BCUT2D eigenvalue weighted by atomic mass is 32.2. The molecular weight excluding hydrogens is 530 g/mol. The number of carbonyl (C=O) groups is 3. The van der Waals surface area contributed by atoms with Crippen LogP contribution in [-0.2, 0) is 26.2 Å². The average molecular weight is 556 g/mol. The summed E-state index contributed by atoms with van der Waals surface area (Å²) in [5.74, 6) is -2.77. The lowest BCUT2D eigenvalue weighted by atomic mass is 10.0. The molecular formula is C30H25N3O6S. The third-order valence-electron chi connectivity index (χ3n) is 6.57. The summed E-state index contributed by atoms with van der Waals surface area (Å²) in [5.41, 5.74) is 7.55. The molecule has 3 N–H and O–H groups in total. The molecule has 0 aliphatic rings. The number of rotatable bonds is 9. The van der Waals surface area contributed by atoms with Gasteiger partial charge in [-0.3, -0.25) is 14.4 Å². The van der Waals surface area contributed by atoms with Crippen LogP contribution in [0.1, 0.15) is 21.6 Å². The van der Waals surface area contributed by atoms with Gasteiger partial charge in [0.25, 0.3) is 27.6 Å². The number of primary amides is 1. The van der Waals surface area contributed by atoms with E-state index in [1.54, 1.807) is 37.3 Å². The maximum Gasteiger partial charge on any atom is 0.289 e. The van der Waals surface area contributed by atoms with Crippen molar-refractivity contribution in [2.45, 2.75) is 18.4 Å². The summed E-state index contributed by atoms with van der Waals surface area (Å²) in [6.07, 6.45) is 0. The van der Waals surface area contributed by atoms with Gasteiger partial charge < -0.3 is 15.0 Å². The highest BCUT2D eigenvalue weighted by Gasteiger charge is 2.28. The van der Waals surface area contributed by atoms with E-state index in [4.69, 9.17) is 10.5 Å². The number of hydrogen-bond acceptors (Lipinski definition) is 6. The Bertz CT molecular complexity index is 1880. The van der Waals surface area contributed by atoms with Gasteiger partial charge in [-0.15, -0.1) is 0 Å². The number of benzene rings is 4. The summed E-state index contributed by atoms with van der Waals surface area (Å²) >= 11 is 0. The number of nitrogens with one attached hydrogen (secondary N) is 1. The zero-order valence-electron chi connectivity index (χ0n) is 21.5. The Balaban J connectivity index is 1.63. The number of hydrogen-bond donors (Lipinski definition) is 2. The molecule has 0 aliphatic heterocycles. The molecule has 0 aliphatic carbocycles. The van der Waals surface area contributed by atoms with E-state index in [1.807, 2.05) is 57.8 Å². The molecule has 202 valence electrons. The number of Topliss-reactive ketones (excluding diaryl/α,β-unsaturated/α-hetero) is 1. The van der Waals surface area contributed by atoms with Gasteiger partial charge in [0.05, 0.1) is 21.4 Å². The van der Waals surface area contributed by atoms with Crippen molar-refractivity contribution >= 4 is 49.3 Å². The van der Waals surface area contributed by atoms with Crippen molar-refractivity contribution in [1.82, 2.24) is 9.29 Å². The van der Waals surface area contributed by atoms with Crippen LogP contribution in [0, 0.1) is 6.92 Å². The zero-order valence-corrected chi connectivity index (χ0v) is 22.3. The normalized spacial score (nSPS) is 11.4. The van der Waals surface area contributed by atoms with Crippen LogP contribution in [0.15, 0.2) is 95.9 Å². The van der Waals surface area contributed by atoms with Crippen LogP contribution in [-0.4, -0.2) is 37.2 Å². The summed E-state index contributed by atoms with van der Waals surface area (Å²) in [7, 11) is -4.12. The van der Waals surface area contributed by atoms with Gasteiger partial charge >= 0.3 is 0 Å². The Kier molecular flexibility index (Phi) is 7.10. The molecule has 5 rings (SSSR count). The summed E-state index contributed by atoms with van der Waals surface area (Å²) in [4.78, 5) is 37.9. The van der Waals surface area contributed by atoms with Gasteiger partial charge in [-0.1, -0.05) is 72.8 Å². The van der Waals surface area contributed by atoms with Gasteiger partial charge in [0.1, 0.15) is 5.75 Å². The van der Waals surface area contributed by atoms with Gasteiger partial charge in [0.2, 0.25) is 0 Å². The summed E-state index contributed by atoms with van der Waals surface area (Å²) in [6, 6.07) is 26.2. The molecule has 0 unspecified atom stereocenters. The highest BCUT2D eigenvalue weighted by molar-refractivity contribution is 7.90. The molecule has 0 atom stereocenters. The minimum absolute atomic E-state index is 0.0662. The first-order chi connectivity index (χ1) is 19.2. The maximum absolute atomic E-state index is 13.1. The zero-order chi connectivity index (χ0) is 28.4. The Hall–Kier alpha value is -4.96. The molecule has 9 nitrogen and oxygen atoms in total. The predicted molar refractivity (Wildman–Crippen MR) is 151 cm³/mol. The van der Waals surface area contributed by atoms with E-state index in [2.05, 4.69) is 0 Å². The van der Waals surface area contributed by atoms with Crippen LogP contribution in [0.25, 0.3) is 21.7 Å². The van der Waals surface area contributed by atoms with Gasteiger partial charge in [-0.2, -0.15) is 0 Å². The SMILES string of the molecule is Cc1c(C(=O)C(N)=O)c2c(OCC(=O)NS(=O)(=O)c3ccccc3)c3ccccc3cc2n1Cc1ccccc1. The summed E-state index contributed by atoms with van der Waals surface area (Å²) in [6.45, 7) is 1.44. The number of ether oxygens (including phenoxy) is 1. The summed E-state index contributed by atoms with van der Waals surface area (Å²) < 4.78 is 35.1. The number of carbonyl (C=O) groups excluding carboxylic acids is 3. The minimum atomic E-state index is -4.12. The molecule has 0 saturated heterocycles. The van der Waals surface area contributed by atoms with Crippen LogP contribution >= 0.6 is 0 Å². The number of sulfonamides is 1. The third kappa shape index (κ3) is 5.04. The largest absolute Gasteiger partial charge is 0.482 e. The molecule has 10 heteroatoms. The fourth-order valence-electron chi connectivity index (χ4n) is 4.75. The lowest BCUT2D eigenvalue weighted by Crippen LogP contribution is -2.34. The average Bonchev–Trinajstić information content (AvgIpc) is 3.21. The van der Waals surface area contributed by atoms with E-state index in [-0.39, 0.29) is 16.2 Å². The van der Waals surface area contributed by atoms with Gasteiger partial charge in [-0.05, 0) is 36.1 Å². The molecule has 0 bridgehead atoms. The molecule has 1 aromatic heterocycles. The monoisotopic (exact) mass is 555 g/mol. The van der Waals surface area contributed by atoms with Gasteiger partial charge in [-0.25, -0.2) is 13.1 Å². The molecule has 0 fully saturated rings. The summed E-state index contributed by atoms with van der Waals surface area (Å²) in [5, 5.41) is 1.64. The van der Waals surface area contributed by atoms with Crippen molar-refractivity contribution in [2.24, 2.45) is 5.73 Å².